The third kappa shape index (κ3) is 1.38. The fourth-order valence-electron chi connectivity index (χ4n) is 2.46. The molecule has 1 heterocycles. The number of carboxylic acids is 1. The van der Waals surface area contributed by atoms with Crippen LogP contribution in [0.25, 0.3) is 0 Å². The first kappa shape index (κ1) is 11.0. The van der Waals surface area contributed by atoms with Gasteiger partial charge in [-0.05, 0) is 11.6 Å². The predicted molar refractivity (Wildman–Crippen MR) is 60.5 cm³/mol. The summed E-state index contributed by atoms with van der Waals surface area (Å²) in [5.41, 5.74) is 1.06. The maximum absolute atomic E-state index is 10.9. The second-order valence-corrected chi connectivity index (χ2v) is 4.49. The number of hydrogen-bond acceptors (Lipinski definition) is 3. The van der Waals surface area contributed by atoms with E-state index in [2.05, 4.69) is 0 Å². The molecule has 0 saturated carbocycles. The van der Waals surface area contributed by atoms with Crippen LogP contribution >= 0.6 is 0 Å². The van der Waals surface area contributed by atoms with Crippen molar-refractivity contribution < 1.29 is 15.0 Å². The lowest BCUT2D eigenvalue weighted by molar-refractivity contribution is -0.139. The zero-order valence-electron chi connectivity index (χ0n) is 9.34. The van der Waals surface area contributed by atoms with Crippen LogP contribution in [0.1, 0.15) is 18.9 Å². The first-order valence-corrected chi connectivity index (χ1v) is 5.19. The third-order valence-electron chi connectivity index (χ3n) is 3.35. The summed E-state index contributed by atoms with van der Waals surface area (Å²) < 4.78 is 0. The largest absolute Gasteiger partial charge is 0.481 e. The minimum atomic E-state index is -0.897. The molecule has 2 unspecified atom stereocenters. The fourth-order valence-corrected chi connectivity index (χ4v) is 2.46. The molecule has 1 aliphatic rings. The highest BCUT2D eigenvalue weighted by molar-refractivity contribution is 5.73. The summed E-state index contributed by atoms with van der Waals surface area (Å²) in [6.07, 6.45) is -0.865. The summed E-state index contributed by atoms with van der Waals surface area (Å²) in [7, 11) is 1.77. The first-order chi connectivity index (χ1) is 7.47. The molecule has 4 nitrogen and oxygen atoms in total. The van der Waals surface area contributed by atoms with Gasteiger partial charge >= 0.3 is 5.97 Å². The van der Waals surface area contributed by atoms with Crippen molar-refractivity contribution in [3.63, 3.8) is 0 Å². The van der Waals surface area contributed by atoms with Gasteiger partial charge in [-0.1, -0.05) is 25.1 Å². The molecule has 1 aromatic rings. The molecule has 0 aromatic heterocycles. The molecular weight excluding hydrogens is 206 g/mol. The van der Waals surface area contributed by atoms with Crippen molar-refractivity contribution in [3.8, 4) is 0 Å². The van der Waals surface area contributed by atoms with Crippen molar-refractivity contribution >= 4 is 11.7 Å². The van der Waals surface area contributed by atoms with Crippen molar-refractivity contribution in [2.45, 2.75) is 25.0 Å². The number of anilines is 1. The summed E-state index contributed by atoms with van der Waals surface area (Å²) in [5, 5.41) is 19.1. The van der Waals surface area contributed by atoms with Crippen LogP contribution in [0.15, 0.2) is 24.3 Å². The van der Waals surface area contributed by atoms with Gasteiger partial charge < -0.3 is 15.1 Å². The van der Waals surface area contributed by atoms with E-state index >= 15 is 0 Å². The highest BCUT2D eigenvalue weighted by atomic mass is 16.4. The van der Waals surface area contributed by atoms with Gasteiger partial charge in [0.1, 0.15) is 6.23 Å². The minimum absolute atomic E-state index is 0.0739. The quantitative estimate of drug-likeness (QED) is 0.787. The van der Waals surface area contributed by atoms with Gasteiger partial charge in [0, 0.05) is 18.2 Å². The molecule has 1 aromatic carbocycles. The third-order valence-corrected chi connectivity index (χ3v) is 3.35. The van der Waals surface area contributed by atoms with E-state index in [1.807, 2.05) is 24.3 Å². The zero-order chi connectivity index (χ0) is 11.9. The van der Waals surface area contributed by atoms with Crippen LogP contribution in [0.4, 0.5) is 5.69 Å². The van der Waals surface area contributed by atoms with E-state index in [0.29, 0.717) is 0 Å². The molecule has 0 radical (unpaired) electrons. The van der Waals surface area contributed by atoms with E-state index in [0.717, 1.165) is 11.3 Å². The Hall–Kier alpha value is -1.55. The number of rotatable bonds is 2. The van der Waals surface area contributed by atoms with Gasteiger partial charge in [-0.15, -0.1) is 0 Å². The van der Waals surface area contributed by atoms with Gasteiger partial charge in [0.25, 0.3) is 0 Å². The molecule has 2 atom stereocenters. The van der Waals surface area contributed by atoms with E-state index in [1.54, 1.807) is 18.9 Å². The normalized spacial score (nSPS) is 27.9. The van der Waals surface area contributed by atoms with Crippen LogP contribution in [0.5, 0.6) is 0 Å². The first-order valence-electron chi connectivity index (χ1n) is 5.19. The average Bonchev–Trinajstić information content (AvgIpc) is 2.42. The Morgan fingerprint density at radius 3 is 2.75 bits per heavy atom. The summed E-state index contributed by atoms with van der Waals surface area (Å²) in [6.45, 7) is 1.79. The summed E-state index contributed by atoms with van der Waals surface area (Å²) in [4.78, 5) is 12.6. The van der Waals surface area contributed by atoms with E-state index in [9.17, 15) is 9.90 Å². The number of aliphatic carboxylic acids is 1. The number of aliphatic hydroxyl groups excluding tert-OH is 1. The second-order valence-electron chi connectivity index (χ2n) is 4.49. The zero-order valence-corrected chi connectivity index (χ0v) is 9.34. The van der Waals surface area contributed by atoms with Crippen molar-refractivity contribution in [2.75, 3.05) is 11.9 Å². The maximum Gasteiger partial charge on any atom is 0.304 e. The number of para-hydroxylation sites is 1. The minimum Gasteiger partial charge on any atom is -0.481 e. The lowest BCUT2D eigenvalue weighted by Gasteiger charge is -2.29. The van der Waals surface area contributed by atoms with E-state index in [1.165, 1.54) is 0 Å². The number of benzene rings is 1. The second kappa shape index (κ2) is 3.49. The van der Waals surface area contributed by atoms with Crippen molar-refractivity contribution in [1.82, 2.24) is 0 Å². The molecule has 0 amide bonds. The van der Waals surface area contributed by atoms with Crippen LogP contribution in [0.2, 0.25) is 0 Å². The molecule has 2 rings (SSSR count). The van der Waals surface area contributed by atoms with E-state index in [-0.39, 0.29) is 6.42 Å². The van der Waals surface area contributed by atoms with Crippen LogP contribution < -0.4 is 4.90 Å². The molecule has 0 aliphatic carbocycles. The molecule has 0 bridgehead atoms. The number of fused-ring (bicyclic) bond motifs is 1. The number of nitrogens with zero attached hydrogens (tertiary/aromatic N) is 1. The summed E-state index contributed by atoms with van der Waals surface area (Å²) in [6, 6.07) is 7.52. The van der Waals surface area contributed by atoms with Crippen LogP contribution in [0.3, 0.4) is 0 Å². The Morgan fingerprint density at radius 2 is 2.12 bits per heavy atom. The molecule has 1 aliphatic heterocycles. The molecule has 4 heteroatoms. The Morgan fingerprint density at radius 1 is 1.50 bits per heavy atom. The van der Waals surface area contributed by atoms with Gasteiger partial charge in [-0.3, -0.25) is 4.79 Å². The smallest absolute Gasteiger partial charge is 0.304 e. The van der Waals surface area contributed by atoms with Gasteiger partial charge in [-0.2, -0.15) is 0 Å². The Bertz CT molecular complexity index is 432. The molecule has 0 spiro atoms. The lowest BCUT2D eigenvalue weighted by Crippen LogP contribution is -2.42. The van der Waals surface area contributed by atoms with Gasteiger partial charge in [0.15, 0.2) is 0 Å². The Kier molecular flexibility index (Phi) is 2.39. The lowest BCUT2D eigenvalue weighted by atomic mass is 9.80. The standard InChI is InChI=1S/C12H15NO3/c1-12(7-10(14)15)8-5-3-4-6-9(8)13(2)11(12)16/h3-6,11,16H,7H2,1-2H3,(H,14,15). The van der Waals surface area contributed by atoms with Crippen LogP contribution in [-0.2, 0) is 10.2 Å². The van der Waals surface area contributed by atoms with Crippen molar-refractivity contribution in [1.29, 1.82) is 0 Å². The topological polar surface area (TPSA) is 60.8 Å². The number of aliphatic hydroxyl groups is 1. The SMILES string of the molecule is CN1c2ccccc2C(C)(CC(=O)O)C1O. The number of carbonyl (C=O) groups is 1. The maximum atomic E-state index is 10.9. The summed E-state index contributed by atoms with van der Waals surface area (Å²) >= 11 is 0. The Balaban J connectivity index is 2.51. The Labute approximate surface area is 94.1 Å². The van der Waals surface area contributed by atoms with Gasteiger partial charge in [0.2, 0.25) is 0 Å². The average molecular weight is 221 g/mol. The fraction of sp³-hybridized carbons (Fsp3) is 0.417. The van der Waals surface area contributed by atoms with Crippen LogP contribution in [0, 0.1) is 0 Å². The molecular formula is C12H15NO3. The summed E-state index contributed by atoms with van der Waals surface area (Å²) in [5.74, 6) is -0.897. The predicted octanol–water partition coefficient (Wildman–Crippen LogP) is 1.19. The molecule has 0 saturated heterocycles. The van der Waals surface area contributed by atoms with Gasteiger partial charge in [-0.25, -0.2) is 0 Å². The van der Waals surface area contributed by atoms with Crippen molar-refractivity contribution in [2.24, 2.45) is 0 Å². The van der Waals surface area contributed by atoms with Gasteiger partial charge in [0.05, 0.1) is 6.42 Å². The number of hydrogen-bond donors (Lipinski definition) is 2. The highest BCUT2D eigenvalue weighted by Gasteiger charge is 2.46. The van der Waals surface area contributed by atoms with Crippen molar-refractivity contribution in [3.05, 3.63) is 29.8 Å². The molecule has 2 N–H and O–H groups in total. The number of likely N-dealkylation sites (N-methyl/N-ethyl adjacent to an activating group) is 1. The number of carboxylic acid groups (broad SMARTS) is 1. The van der Waals surface area contributed by atoms with Crippen LogP contribution in [-0.4, -0.2) is 29.5 Å². The molecule has 0 fully saturated rings. The molecule has 16 heavy (non-hydrogen) atoms. The molecule has 86 valence electrons. The van der Waals surface area contributed by atoms with E-state index < -0.39 is 17.6 Å². The monoisotopic (exact) mass is 221 g/mol. The van der Waals surface area contributed by atoms with E-state index in [4.69, 9.17) is 5.11 Å². The highest BCUT2D eigenvalue weighted by Crippen LogP contribution is 2.45.